The molecule has 1 saturated heterocycles. The average Bonchev–Trinajstić information content (AvgIpc) is 3.17. The molecule has 4 atom stereocenters. The third kappa shape index (κ3) is 2.95. The van der Waals surface area contributed by atoms with Crippen molar-refractivity contribution < 1.29 is 14.4 Å². The van der Waals surface area contributed by atoms with Crippen LogP contribution in [-0.2, 0) is 9.59 Å². The fraction of sp³-hybridized carbons (Fsp3) is 0.444. The van der Waals surface area contributed by atoms with Crippen LogP contribution in [0.1, 0.15) is 25.7 Å². The third-order valence-corrected chi connectivity index (χ3v) is 5.68. The Kier molecular flexibility index (Phi) is 4.07. The number of carbonyl (C=O) groups is 3. The number of carbonyl (C=O) groups excluding carboxylic acids is 3. The van der Waals surface area contributed by atoms with Gasteiger partial charge in [-0.05, 0) is 49.3 Å². The molecule has 130 valence electrons. The molecule has 7 heteroatoms. The SMILES string of the molecule is O=C1NC(=O)N([C@H]2C[C@H]3CC[C@H]2C3)C(=O)[C@H]1C=Nc1cccc(Cl)c1. The first-order valence-electron chi connectivity index (χ1n) is 8.50. The van der Waals surface area contributed by atoms with Crippen LogP contribution < -0.4 is 5.32 Å². The first-order chi connectivity index (χ1) is 12.0. The van der Waals surface area contributed by atoms with E-state index in [2.05, 4.69) is 10.3 Å². The van der Waals surface area contributed by atoms with Crippen LogP contribution in [0.3, 0.4) is 0 Å². The van der Waals surface area contributed by atoms with E-state index in [9.17, 15) is 14.4 Å². The Morgan fingerprint density at radius 2 is 2.04 bits per heavy atom. The van der Waals surface area contributed by atoms with E-state index >= 15 is 0 Å². The molecule has 1 aromatic rings. The number of halogens is 1. The van der Waals surface area contributed by atoms with E-state index in [0.717, 1.165) is 19.3 Å². The number of nitrogens with one attached hydrogen (secondary N) is 1. The van der Waals surface area contributed by atoms with Crippen molar-refractivity contribution in [2.75, 3.05) is 0 Å². The van der Waals surface area contributed by atoms with Gasteiger partial charge in [-0.1, -0.05) is 24.1 Å². The zero-order chi connectivity index (χ0) is 17.6. The normalized spacial score (nSPS) is 31.9. The molecule has 0 spiro atoms. The van der Waals surface area contributed by atoms with E-state index in [1.807, 2.05) is 0 Å². The van der Waals surface area contributed by atoms with E-state index in [0.29, 0.717) is 22.5 Å². The number of amides is 4. The molecule has 1 aliphatic heterocycles. The molecule has 2 bridgehead atoms. The minimum absolute atomic E-state index is 0.0959. The topological polar surface area (TPSA) is 78.8 Å². The van der Waals surface area contributed by atoms with E-state index in [1.165, 1.54) is 17.5 Å². The second-order valence-corrected chi connectivity index (χ2v) is 7.42. The Bertz CT molecular complexity index is 779. The zero-order valence-corrected chi connectivity index (χ0v) is 14.3. The summed E-state index contributed by atoms with van der Waals surface area (Å²) >= 11 is 5.92. The number of urea groups is 1. The highest BCUT2D eigenvalue weighted by Crippen LogP contribution is 2.47. The third-order valence-electron chi connectivity index (χ3n) is 5.45. The van der Waals surface area contributed by atoms with Gasteiger partial charge >= 0.3 is 6.03 Å². The number of nitrogens with zero attached hydrogens (tertiary/aromatic N) is 2. The predicted octanol–water partition coefficient (Wildman–Crippen LogP) is 2.93. The van der Waals surface area contributed by atoms with Crippen LogP contribution >= 0.6 is 11.6 Å². The number of barbiturate groups is 1. The number of fused-ring (bicyclic) bond motifs is 2. The van der Waals surface area contributed by atoms with Crippen LogP contribution in [0, 0.1) is 17.8 Å². The number of benzene rings is 1. The van der Waals surface area contributed by atoms with Crippen molar-refractivity contribution in [1.29, 1.82) is 0 Å². The van der Waals surface area contributed by atoms with E-state index in [1.54, 1.807) is 24.3 Å². The fourth-order valence-electron chi connectivity index (χ4n) is 4.30. The molecule has 1 aromatic carbocycles. The van der Waals surface area contributed by atoms with Crippen molar-refractivity contribution >= 4 is 41.3 Å². The van der Waals surface area contributed by atoms with Gasteiger partial charge in [0.25, 0.3) is 0 Å². The molecule has 0 aromatic heterocycles. The highest BCUT2D eigenvalue weighted by Gasteiger charge is 2.50. The van der Waals surface area contributed by atoms with Crippen LogP contribution in [0.15, 0.2) is 29.3 Å². The maximum atomic E-state index is 12.8. The van der Waals surface area contributed by atoms with E-state index in [-0.39, 0.29) is 6.04 Å². The van der Waals surface area contributed by atoms with Crippen molar-refractivity contribution in [3.8, 4) is 0 Å². The predicted molar refractivity (Wildman–Crippen MR) is 92.7 cm³/mol. The summed E-state index contributed by atoms with van der Waals surface area (Å²) < 4.78 is 0. The summed E-state index contributed by atoms with van der Waals surface area (Å²) in [4.78, 5) is 42.7. The highest BCUT2D eigenvalue weighted by atomic mass is 35.5. The second-order valence-electron chi connectivity index (χ2n) is 6.98. The van der Waals surface area contributed by atoms with E-state index in [4.69, 9.17) is 11.6 Å². The van der Waals surface area contributed by atoms with Crippen molar-refractivity contribution in [2.45, 2.75) is 31.7 Å². The lowest BCUT2D eigenvalue weighted by Gasteiger charge is -2.36. The zero-order valence-electron chi connectivity index (χ0n) is 13.5. The molecule has 3 fully saturated rings. The molecule has 0 unspecified atom stereocenters. The van der Waals surface area contributed by atoms with Crippen LogP contribution in [0.4, 0.5) is 10.5 Å². The summed E-state index contributed by atoms with van der Waals surface area (Å²) in [6.07, 6.45) is 5.42. The molecular formula is C18H18ClN3O3. The first kappa shape index (κ1) is 16.3. The van der Waals surface area contributed by atoms with Crippen molar-refractivity contribution in [3.63, 3.8) is 0 Å². The molecule has 4 rings (SSSR count). The van der Waals surface area contributed by atoms with Crippen molar-refractivity contribution in [1.82, 2.24) is 10.2 Å². The van der Waals surface area contributed by atoms with Gasteiger partial charge in [0.05, 0.1) is 5.69 Å². The fourth-order valence-corrected chi connectivity index (χ4v) is 4.48. The quantitative estimate of drug-likeness (QED) is 0.665. The minimum Gasteiger partial charge on any atom is -0.277 e. The molecule has 3 aliphatic rings. The number of hydrogen-bond donors (Lipinski definition) is 1. The summed E-state index contributed by atoms with van der Waals surface area (Å²) in [5.74, 6) is -1.24. The molecule has 1 heterocycles. The Balaban J connectivity index is 1.56. The summed E-state index contributed by atoms with van der Waals surface area (Å²) in [7, 11) is 0. The van der Waals surface area contributed by atoms with Crippen molar-refractivity contribution in [2.24, 2.45) is 22.7 Å². The maximum absolute atomic E-state index is 12.8. The molecular weight excluding hydrogens is 342 g/mol. The first-order valence-corrected chi connectivity index (χ1v) is 8.88. The largest absolute Gasteiger partial charge is 0.331 e. The van der Waals surface area contributed by atoms with Gasteiger partial charge in [-0.2, -0.15) is 0 Å². The number of hydrogen-bond acceptors (Lipinski definition) is 4. The molecule has 0 radical (unpaired) electrons. The van der Waals surface area contributed by atoms with Gasteiger partial charge in [0.2, 0.25) is 11.8 Å². The minimum atomic E-state index is -1.09. The smallest absolute Gasteiger partial charge is 0.277 e. The molecule has 1 N–H and O–H groups in total. The van der Waals surface area contributed by atoms with Crippen LogP contribution in [0.5, 0.6) is 0 Å². The molecule has 25 heavy (non-hydrogen) atoms. The lowest BCUT2D eigenvalue weighted by molar-refractivity contribution is -0.141. The van der Waals surface area contributed by atoms with Gasteiger partial charge < -0.3 is 0 Å². The van der Waals surface area contributed by atoms with Crippen LogP contribution in [0.2, 0.25) is 5.02 Å². The summed E-state index contributed by atoms with van der Waals surface area (Å²) in [5.41, 5.74) is 0.552. The molecule has 4 amide bonds. The summed E-state index contributed by atoms with van der Waals surface area (Å²) in [5, 5.41) is 2.82. The van der Waals surface area contributed by atoms with Gasteiger partial charge in [-0.25, -0.2) is 4.79 Å². The number of aliphatic imine (C=N–C) groups is 1. The van der Waals surface area contributed by atoms with Gasteiger partial charge in [0, 0.05) is 17.3 Å². The monoisotopic (exact) mass is 359 g/mol. The van der Waals surface area contributed by atoms with Crippen molar-refractivity contribution in [3.05, 3.63) is 29.3 Å². The van der Waals surface area contributed by atoms with Gasteiger partial charge in [0.15, 0.2) is 5.92 Å². The highest BCUT2D eigenvalue weighted by molar-refractivity contribution is 6.30. The standard InChI is InChI=1S/C18H18ClN3O3/c19-12-2-1-3-13(8-12)20-9-14-16(23)21-18(25)22(17(14)24)15-7-10-4-5-11(15)6-10/h1-3,8-11,14-15H,4-7H2,(H,21,23,25)/t10-,11-,14-,15-/m0/s1. The maximum Gasteiger partial charge on any atom is 0.331 e. The Morgan fingerprint density at radius 3 is 2.72 bits per heavy atom. The molecule has 2 aliphatic carbocycles. The molecule has 2 saturated carbocycles. The van der Waals surface area contributed by atoms with Crippen LogP contribution in [0.25, 0.3) is 0 Å². The Morgan fingerprint density at radius 1 is 1.20 bits per heavy atom. The second kappa shape index (κ2) is 6.26. The Hall–Kier alpha value is -2.21. The number of imide groups is 2. The average molecular weight is 360 g/mol. The van der Waals surface area contributed by atoms with Gasteiger partial charge in [-0.15, -0.1) is 0 Å². The van der Waals surface area contributed by atoms with E-state index < -0.39 is 23.8 Å². The van der Waals surface area contributed by atoms with Crippen LogP contribution in [-0.4, -0.2) is 35.0 Å². The van der Waals surface area contributed by atoms with Gasteiger partial charge in [-0.3, -0.25) is 24.8 Å². The molecule has 6 nitrogen and oxygen atoms in total. The lowest BCUT2D eigenvalue weighted by atomic mass is 9.92. The summed E-state index contributed by atoms with van der Waals surface area (Å²) in [6.45, 7) is 0. The Labute approximate surface area is 150 Å². The lowest BCUT2D eigenvalue weighted by Crippen LogP contribution is -2.62. The number of rotatable bonds is 3. The van der Waals surface area contributed by atoms with Gasteiger partial charge in [0.1, 0.15) is 0 Å². The summed E-state index contributed by atoms with van der Waals surface area (Å²) in [6, 6.07) is 6.13.